The van der Waals surface area contributed by atoms with Crippen LogP contribution < -0.4 is 4.74 Å². The van der Waals surface area contributed by atoms with Crippen LogP contribution in [0.4, 0.5) is 9.59 Å². The van der Waals surface area contributed by atoms with Crippen molar-refractivity contribution in [2.45, 2.75) is 122 Å². The van der Waals surface area contributed by atoms with E-state index in [-0.39, 0.29) is 18.2 Å². The molecule has 0 aliphatic carbocycles. The fourth-order valence-electron chi connectivity index (χ4n) is 5.01. The predicted octanol–water partition coefficient (Wildman–Crippen LogP) is 7.31. The van der Waals surface area contributed by atoms with Crippen LogP contribution in [0.3, 0.4) is 0 Å². The second-order valence-corrected chi connectivity index (χ2v) is 12.5. The molecule has 0 radical (unpaired) electrons. The van der Waals surface area contributed by atoms with Crippen molar-refractivity contribution in [2.24, 2.45) is 0 Å². The van der Waals surface area contributed by atoms with Crippen LogP contribution in [0.25, 0.3) is 0 Å². The monoisotopic (exact) mass is 514 g/mol. The molecule has 0 aromatic heterocycles. The maximum absolute atomic E-state index is 13.4. The van der Waals surface area contributed by atoms with E-state index in [4.69, 9.17) is 14.2 Å². The lowest BCUT2D eigenvalue weighted by Crippen LogP contribution is -2.52. The molecule has 1 aromatic carbocycles. The molecule has 3 rings (SSSR count). The Bertz CT molecular complexity index is 934. The van der Waals surface area contributed by atoms with Crippen LogP contribution in [-0.2, 0) is 9.47 Å². The van der Waals surface area contributed by atoms with Crippen LogP contribution in [0.5, 0.6) is 5.75 Å². The molecule has 2 heterocycles. The number of para-hydroxylation sites is 1. The third kappa shape index (κ3) is 8.41. The van der Waals surface area contributed by atoms with E-state index in [1.807, 2.05) is 76.8 Å². The number of amides is 2. The van der Waals surface area contributed by atoms with Gasteiger partial charge < -0.3 is 19.1 Å². The average molecular weight is 515 g/mol. The highest BCUT2D eigenvalue weighted by Crippen LogP contribution is 2.39. The number of ether oxygens (including phenoxy) is 3. The van der Waals surface area contributed by atoms with Gasteiger partial charge in [0, 0.05) is 13.0 Å². The van der Waals surface area contributed by atoms with Crippen LogP contribution >= 0.6 is 0 Å². The first-order chi connectivity index (χ1) is 17.3. The maximum atomic E-state index is 13.4. The van der Waals surface area contributed by atoms with Crippen LogP contribution in [0.2, 0.25) is 0 Å². The molecule has 0 saturated carbocycles. The molecule has 206 valence electrons. The lowest BCUT2D eigenvalue weighted by molar-refractivity contribution is -0.0326. The van der Waals surface area contributed by atoms with Crippen molar-refractivity contribution in [3.05, 3.63) is 42.5 Å². The van der Waals surface area contributed by atoms with Gasteiger partial charge >= 0.3 is 12.2 Å². The number of benzene rings is 1. The summed E-state index contributed by atoms with van der Waals surface area (Å²) in [6.07, 6.45) is 9.40. The fraction of sp³-hybridized carbons (Fsp3) is 0.667. The van der Waals surface area contributed by atoms with E-state index in [0.29, 0.717) is 19.4 Å². The SMILES string of the molecule is CC(C)(C)OC(=O)N1CCCCCC1/C=C/C[C@]1(C)CCC(Oc2ccccc2)N1C(=O)OC(C)(C)C. The number of hydrogen-bond donors (Lipinski definition) is 0. The second kappa shape index (κ2) is 11.8. The molecule has 2 saturated heterocycles. The summed E-state index contributed by atoms with van der Waals surface area (Å²) in [4.78, 5) is 30.0. The molecule has 7 heteroatoms. The Hall–Kier alpha value is -2.70. The molecule has 0 bridgehead atoms. The van der Waals surface area contributed by atoms with Crippen molar-refractivity contribution in [1.29, 1.82) is 0 Å². The Morgan fingerprint density at radius 3 is 2.24 bits per heavy atom. The van der Waals surface area contributed by atoms with E-state index in [1.165, 1.54) is 0 Å². The van der Waals surface area contributed by atoms with Gasteiger partial charge in [-0.05, 0) is 86.3 Å². The van der Waals surface area contributed by atoms with E-state index < -0.39 is 23.0 Å². The normalized spacial score (nSPS) is 25.2. The van der Waals surface area contributed by atoms with E-state index in [0.717, 1.165) is 37.9 Å². The molecule has 0 N–H and O–H groups in total. The smallest absolute Gasteiger partial charge is 0.413 e. The van der Waals surface area contributed by atoms with Crippen molar-refractivity contribution in [2.75, 3.05) is 6.54 Å². The maximum Gasteiger partial charge on any atom is 0.413 e. The molecule has 2 aliphatic heterocycles. The number of likely N-dealkylation sites (tertiary alicyclic amines) is 2. The van der Waals surface area contributed by atoms with E-state index in [2.05, 4.69) is 19.1 Å². The summed E-state index contributed by atoms with van der Waals surface area (Å²) in [7, 11) is 0. The Kier molecular flexibility index (Phi) is 9.19. The Morgan fingerprint density at radius 2 is 1.59 bits per heavy atom. The molecule has 2 unspecified atom stereocenters. The Labute approximate surface area is 223 Å². The summed E-state index contributed by atoms with van der Waals surface area (Å²) in [6, 6.07) is 9.57. The fourth-order valence-corrected chi connectivity index (χ4v) is 5.01. The van der Waals surface area contributed by atoms with Gasteiger partial charge in [-0.15, -0.1) is 0 Å². The molecule has 3 atom stereocenters. The van der Waals surface area contributed by atoms with Crippen molar-refractivity contribution in [3.8, 4) is 5.75 Å². The number of carbonyl (C=O) groups is 2. The van der Waals surface area contributed by atoms with Gasteiger partial charge in [-0.3, -0.25) is 4.90 Å². The minimum Gasteiger partial charge on any atom is -0.470 e. The van der Waals surface area contributed by atoms with E-state index in [9.17, 15) is 9.59 Å². The quantitative estimate of drug-likeness (QED) is 0.386. The lowest BCUT2D eigenvalue weighted by Gasteiger charge is -2.38. The van der Waals surface area contributed by atoms with Crippen molar-refractivity contribution in [3.63, 3.8) is 0 Å². The molecule has 1 aromatic rings. The highest BCUT2D eigenvalue weighted by atomic mass is 16.6. The van der Waals surface area contributed by atoms with Gasteiger partial charge in [-0.2, -0.15) is 0 Å². The third-order valence-electron chi connectivity index (χ3n) is 6.75. The van der Waals surface area contributed by atoms with Gasteiger partial charge in [-0.25, -0.2) is 9.59 Å². The number of hydrogen-bond acceptors (Lipinski definition) is 5. The van der Waals surface area contributed by atoms with Gasteiger partial charge in [0.05, 0.1) is 11.6 Å². The molecule has 2 fully saturated rings. The zero-order chi connectivity index (χ0) is 27.3. The summed E-state index contributed by atoms with van der Waals surface area (Å²) in [5.74, 6) is 0.729. The van der Waals surface area contributed by atoms with Crippen molar-refractivity contribution >= 4 is 12.2 Å². The Balaban J connectivity index is 1.78. The van der Waals surface area contributed by atoms with Gasteiger partial charge in [0.2, 0.25) is 0 Å². The van der Waals surface area contributed by atoms with Crippen LogP contribution in [0.15, 0.2) is 42.5 Å². The molecule has 2 aliphatic rings. The van der Waals surface area contributed by atoms with Crippen molar-refractivity contribution < 1.29 is 23.8 Å². The first-order valence-electron chi connectivity index (χ1n) is 13.7. The van der Waals surface area contributed by atoms with Gasteiger partial charge in [0.25, 0.3) is 0 Å². The summed E-state index contributed by atoms with van der Waals surface area (Å²) in [5, 5.41) is 0. The van der Waals surface area contributed by atoms with Gasteiger partial charge in [0.15, 0.2) is 6.23 Å². The van der Waals surface area contributed by atoms with E-state index in [1.54, 1.807) is 4.90 Å². The number of carbonyl (C=O) groups excluding carboxylic acids is 2. The third-order valence-corrected chi connectivity index (χ3v) is 6.75. The Morgan fingerprint density at radius 1 is 0.946 bits per heavy atom. The first kappa shape index (κ1) is 28.9. The van der Waals surface area contributed by atoms with Crippen LogP contribution in [0, 0.1) is 0 Å². The second-order valence-electron chi connectivity index (χ2n) is 12.5. The highest BCUT2D eigenvalue weighted by molar-refractivity contribution is 5.70. The molecule has 2 amide bonds. The summed E-state index contributed by atoms with van der Waals surface area (Å²) in [6.45, 7) is 14.1. The largest absolute Gasteiger partial charge is 0.470 e. The molecular formula is C30H46N2O5. The molecule has 37 heavy (non-hydrogen) atoms. The minimum absolute atomic E-state index is 0.0197. The van der Waals surface area contributed by atoms with Crippen molar-refractivity contribution in [1.82, 2.24) is 9.80 Å². The standard InChI is InChI=1S/C30H46N2O5/c1-28(2,3)36-26(33)31-22-13-9-10-15-23(31)16-14-20-30(7)21-19-25(35-24-17-11-8-12-18-24)32(30)27(34)37-29(4,5)6/h8,11-12,14,16-18,23,25H,9-10,13,15,19-22H2,1-7H3/b16-14+/t23?,25?,30-/m1/s1. The predicted molar refractivity (Wildman–Crippen MR) is 146 cm³/mol. The summed E-state index contributed by atoms with van der Waals surface area (Å²) < 4.78 is 17.8. The van der Waals surface area contributed by atoms with Gasteiger partial charge in [0.1, 0.15) is 17.0 Å². The zero-order valence-electron chi connectivity index (χ0n) is 23.8. The summed E-state index contributed by atoms with van der Waals surface area (Å²) >= 11 is 0. The number of rotatable bonds is 5. The van der Waals surface area contributed by atoms with Crippen LogP contribution in [-0.4, -0.2) is 57.5 Å². The zero-order valence-corrected chi connectivity index (χ0v) is 23.8. The average Bonchev–Trinajstić information content (AvgIpc) is 2.93. The molecular weight excluding hydrogens is 468 g/mol. The molecule has 7 nitrogen and oxygen atoms in total. The van der Waals surface area contributed by atoms with E-state index >= 15 is 0 Å². The van der Waals surface area contributed by atoms with Gasteiger partial charge in [-0.1, -0.05) is 43.2 Å². The molecule has 0 spiro atoms. The topological polar surface area (TPSA) is 68.3 Å². The minimum atomic E-state index is -0.609. The number of nitrogens with zero attached hydrogens (tertiary/aromatic N) is 2. The summed E-state index contributed by atoms with van der Waals surface area (Å²) in [5.41, 5.74) is -1.61. The van der Waals surface area contributed by atoms with Crippen LogP contribution in [0.1, 0.15) is 93.4 Å². The lowest BCUT2D eigenvalue weighted by atomic mass is 9.94. The highest BCUT2D eigenvalue weighted by Gasteiger charge is 2.48. The first-order valence-corrected chi connectivity index (χ1v) is 13.7.